The van der Waals surface area contributed by atoms with Crippen LogP contribution in [0.15, 0.2) is 78.9 Å². The molecular formula is C27H28N2O3. The van der Waals surface area contributed by atoms with E-state index < -0.39 is 6.10 Å². The lowest BCUT2D eigenvalue weighted by atomic mass is 9.88. The molecule has 0 spiro atoms. The Morgan fingerprint density at radius 2 is 1.62 bits per heavy atom. The first-order chi connectivity index (χ1) is 15.6. The van der Waals surface area contributed by atoms with Crippen LogP contribution in [0.5, 0.6) is 5.75 Å². The minimum atomic E-state index is -0.541. The first-order valence-corrected chi connectivity index (χ1v) is 11.1. The van der Waals surface area contributed by atoms with Gasteiger partial charge in [0.25, 0.3) is 5.91 Å². The number of nitrogens with one attached hydrogen (secondary N) is 1. The van der Waals surface area contributed by atoms with Crippen LogP contribution in [0, 0.1) is 0 Å². The van der Waals surface area contributed by atoms with Crippen molar-refractivity contribution in [2.75, 3.05) is 16.8 Å². The standard InChI is InChI=1S/C27H28N2O3/c1-3-16-29-24-15-14-22(17-25(24)32-19(2)27(29)31)28-26(30)18-23(20-10-6-4-7-11-20)21-12-8-5-9-13-21/h4-15,17,19,23H,3,16,18H2,1-2H3,(H,28,30). The largest absolute Gasteiger partial charge is 0.479 e. The van der Waals surface area contributed by atoms with Gasteiger partial charge in [-0.25, -0.2) is 0 Å². The van der Waals surface area contributed by atoms with Gasteiger partial charge in [0.2, 0.25) is 5.91 Å². The summed E-state index contributed by atoms with van der Waals surface area (Å²) < 4.78 is 5.82. The summed E-state index contributed by atoms with van der Waals surface area (Å²) >= 11 is 0. The molecule has 3 aromatic rings. The Kier molecular flexibility index (Phi) is 6.55. The molecule has 1 atom stereocenters. The van der Waals surface area contributed by atoms with Crippen LogP contribution < -0.4 is 15.0 Å². The van der Waals surface area contributed by atoms with Crippen molar-refractivity contribution in [2.24, 2.45) is 0 Å². The lowest BCUT2D eigenvalue weighted by Crippen LogP contribution is -2.44. The zero-order valence-corrected chi connectivity index (χ0v) is 18.5. The number of fused-ring (bicyclic) bond motifs is 1. The second-order valence-electron chi connectivity index (χ2n) is 8.06. The van der Waals surface area contributed by atoms with Gasteiger partial charge in [0.15, 0.2) is 6.10 Å². The molecule has 1 heterocycles. The third kappa shape index (κ3) is 4.67. The Labute approximate surface area is 189 Å². The van der Waals surface area contributed by atoms with Gasteiger partial charge < -0.3 is 15.0 Å². The lowest BCUT2D eigenvalue weighted by Gasteiger charge is -2.33. The highest BCUT2D eigenvalue weighted by molar-refractivity contribution is 6.00. The van der Waals surface area contributed by atoms with E-state index in [1.807, 2.05) is 55.5 Å². The highest BCUT2D eigenvalue weighted by Gasteiger charge is 2.31. The highest BCUT2D eigenvalue weighted by atomic mass is 16.5. The molecule has 0 radical (unpaired) electrons. The summed E-state index contributed by atoms with van der Waals surface area (Å²) in [5, 5.41) is 3.01. The molecule has 1 aliphatic rings. The predicted octanol–water partition coefficient (Wildman–Crippen LogP) is 5.37. The fourth-order valence-electron chi connectivity index (χ4n) is 4.14. The number of ether oxygens (including phenoxy) is 1. The highest BCUT2D eigenvalue weighted by Crippen LogP contribution is 2.37. The summed E-state index contributed by atoms with van der Waals surface area (Å²) in [6.07, 6.45) is 0.639. The summed E-state index contributed by atoms with van der Waals surface area (Å²) in [6.45, 7) is 4.43. The van der Waals surface area contributed by atoms with Gasteiger partial charge >= 0.3 is 0 Å². The molecule has 5 nitrogen and oxygen atoms in total. The molecule has 5 heteroatoms. The van der Waals surface area contributed by atoms with Gasteiger partial charge in [-0.2, -0.15) is 0 Å². The molecule has 2 amide bonds. The van der Waals surface area contributed by atoms with E-state index >= 15 is 0 Å². The van der Waals surface area contributed by atoms with Crippen molar-refractivity contribution < 1.29 is 14.3 Å². The maximum atomic E-state index is 13.0. The number of benzene rings is 3. The fraction of sp³-hybridized carbons (Fsp3) is 0.259. The number of anilines is 2. The van der Waals surface area contributed by atoms with Gasteiger partial charge in [0.05, 0.1) is 5.69 Å². The van der Waals surface area contributed by atoms with E-state index in [1.165, 1.54) is 0 Å². The van der Waals surface area contributed by atoms with E-state index in [0.29, 0.717) is 24.4 Å². The molecule has 32 heavy (non-hydrogen) atoms. The minimum Gasteiger partial charge on any atom is -0.479 e. The van der Waals surface area contributed by atoms with Crippen LogP contribution >= 0.6 is 0 Å². The first kappa shape index (κ1) is 21.6. The normalized spacial score (nSPS) is 15.3. The molecule has 3 aromatic carbocycles. The van der Waals surface area contributed by atoms with Crippen LogP contribution in [0.1, 0.15) is 43.7 Å². The van der Waals surface area contributed by atoms with Crippen LogP contribution in [-0.4, -0.2) is 24.5 Å². The summed E-state index contributed by atoms with van der Waals surface area (Å²) in [4.78, 5) is 27.2. The van der Waals surface area contributed by atoms with Crippen molar-refractivity contribution in [2.45, 2.75) is 38.7 Å². The zero-order chi connectivity index (χ0) is 22.5. The first-order valence-electron chi connectivity index (χ1n) is 11.1. The third-order valence-electron chi connectivity index (χ3n) is 5.69. The molecular weight excluding hydrogens is 400 g/mol. The molecule has 0 aliphatic carbocycles. The molecule has 0 saturated heterocycles. The van der Waals surface area contributed by atoms with Crippen molar-refractivity contribution in [1.82, 2.24) is 0 Å². The van der Waals surface area contributed by atoms with Gasteiger partial charge in [0.1, 0.15) is 5.75 Å². The monoisotopic (exact) mass is 428 g/mol. The van der Waals surface area contributed by atoms with E-state index in [1.54, 1.807) is 17.9 Å². The average Bonchev–Trinajstić information content (AvgIpc) is 2.81. The molecule has 0 saturated carbocycles. The Hall–Kier alpha value is -3.60. The van der Waals surface area contributed by atoms with Crippen LogP contribution in [0.25, 0.3) is 0 Å². The maximum Gasteiger partial charge on any atom is 0.267 e. The average molecular weight is 429 g/mol. The van der Waals surface area contributed by atoms with Gasteiger partial charge in [-0.3, -0.25) is 9.59 Å². The molecule has 0 aromatic heterocycles. The Morgan fingerprint density at radius 3 is 2.22 bits per heavy atom. The minimum absolute atomic E-state index is 0.0373. The molecule has 0 bridgehead atoms. The number of rotatable bonds is 7. The van der Waals surface area contributed by atoms with E-state index in [2.05, 4.69) is 29.6 Å². The zero-order valence-electron chi connectivity index (χ0n) is 18.5. The third-order valence-corrected chi connectivity index (χ3v) is 5.69. The second kappa shape index (κ2) is 9.69. The van der Waals surface area contributed by atoms with Gasteiger partial charge in [-0.05, 0) is 36.6 Å². The Morgan fingerprint density at radius 1 is 1.00 bits per heavy atom. The number of hydrogen-bond acceptors (Lipinski definition) is 3. The van der Waals surface area contributed by atoms with E-state index in [4.69, 9.17) is 4.74 Å². The summed E-state index contributed by atoms with van der Waals surface area (Å²) in [5.74, 6) is 0.465. The maximum absolute atomic E-state index is 13.0. The Balaban J connectivity index is 1.53. The smallest absolute Gasteiger partial charge is 0.267 e. The molecule has 1 aliphatic heterocycles. The SMILES string of the molecule is CCCN1C(=O)C(C)Oc2cc(NC(=O)CC(c3ccccc3)c3ccccc3)ccc21. The quantitative estimate of drug-likeness (QED) is 0.550. The van der Waals surface area contributed by atoms with Crippen LogP contribution in [-0.2, 0) is 9.59 Å². The fourth-order valence-corrected chi connectivity index (χ4v) is 4.14. The summed E-state index contributed by atoms with van der Waals surface area (Å²) in [7, 11) is 0. The van der Waals surface area contributed by atoms with Crippen molar-refractivity contribution in [3.63, 3.8) is 0 Å². The van der Waals surface area contributed by atoms with Crippen LogP contribution in [0.3, 0.4) is 0 Å². The number of carbonyl (C=O) groups excluding carboxylic acids is 2. The lowest BCUT2D eigenvalue weighted by molar-refractivity contribution is -0.125. The topological polar surface area (TPSA) is 58.6 Å². The second-order valence-corrected chi connectivity index (χ2v) is 8.06. The van der Waals surface area contributed by atoms with Crippen molar-refractivity contribution in [3.8, 4) is 5.75 Å². The van der Waals surface area contributed by atoms with E-state index in [-0.39, 0.29) is 17.7 Å². The van der Waals surface area contributed by atoms with E-state index in [0.717, 1.165) is 23.2 Å². The van der Waals surface area contributed by atoms with Crippen LogP contribution in [0.2, 0.25) is 0 Å². The number of hydrogen-bond donors (Lipinski definition) is 1. The number of amides is 2. The van der Waals surface area contributed by atoms with Crippen molar-refractivity contribution in [1.29, 1.82) is 0 Å². The van der Waals surface area contributed by atoms with Gasteiger partial charge in [-0.15, -0.1) is 0 Å². The summed E-state index contributed by atoms with van der Waals surface area (Å²) in [5.41, 5.74) is 3.61. The molecule has 164 valence electrons. The number of nitrogens with zero attached hydrogens (tertiary/aromatic N) is 1. The predicted molar refractivity (Wildman–Crippen MR) is 127 cm³/mol. The molecule has 1 N–H and O–H groups in total. The molecule has 1 unspecified atom stereocenters. The van der Waals surface area contributed by atoms with Crippen molar-refractivity contribution >= 4 is 23.2 Å². The summed E-state index contributed by atoms with van der Waals surface area (Å²) in [6, 6.07) is 25.6. The van der Waals surface area contributed by atoms with Crippen LogP contribution in [0.4, 0.5) is 11.4 Å². The van der Waals surface area contributed by atoms with E-state index in [9.17, 15) is 9.59 Å². The molecule has 4 rings (SSSR count). The van der Waals surface area contributed by atoms with Crippen molar-refractivity contribution in [3.05, 3.63) is 90.0 Å². The Bertz CT molecular complexity index is 1040. The van der Waals surface area contributed by atoms with Gasteiger partial charge in [-0.1, -0.05) is 67.6 Å². The number of carbonyl (C=O) groups is 2. The molecule has 0 fully saturated rings. The van der Waals surface area contributed by atoms with Gasteiger partial charge in [0, 0.05) is 30.6 Å².